The average molecular weight is 359 g/mol. The highest BCUT2D eigenvalue weighted by Gasteiger charge is 2.10. The highest BCUT2D eigenvalue weighted by molar-refractivity contribution is 9.10. The molecule has 0 bridgehead atoms. The van der Waals surface area contributed by atoms with Gasteiger partial charge in [0.25, 0.3) is 0 Å². The minimum atomic E-state index is 0.164. The van der Waals surface area contributed by atoms with Crippen LogP contribution in [0.4, 0.5) is 0 Å². The second-order valence-corrected chi connectivity index (χ2v) is 6.09. The zero-order chi connectivity index (χ0) is 13.8. The lowest BCUT2D eigenvalue weighted by atomic mass is 10.1. The van der Waals surface area contributed by atoms with Crippen molar-refractivity contribution in [1.82, 2.24) is 5.32 Å². The molecule has 0 aliphatic rings. The lowest BCUT2D eigenvalue weighted by molar-refractivity contribution is 0.575. The van der Waals surface area contributed by atoms with E-state index in [-0.39, 0.29) is 6.04 Å². The Kier molecular flexibility index (Phi) is 5.28. The van der Waals surface area contributed by atoms with Crippen molar-refractivity contribution in [3.63, 3.8) is 0 Å². The third-order valence-electron chi connectivity index (χ3n) is 2.99. The summed E-state index contributed by atoms with van der Waals surface area (Å²) in [5.74, 6) is 0. The summed E-state index contributed by atoms with van der Waals surface area (Å²) in [6.07, 6.45) is 0. The fourth-order valence-corrected chi connectivity index (χ4v) is 2.91. The molecule has 0 amide bonds. The van der Waals surface area contributed by atoms with Crippen LogP contribution < -0.4 is 5.32 Å². The molecule has 1 unspecified atom stereocenters. The number of rotatable bonds is 4. The molecule has 0 spiro atoms. The Morgan fingerprint density at radius 3 is 2.53 bits per heavy atom. The molecule has 0 saturated heterocycles. The van der Waals surface area contributed by atoms with Gasteiger partial charge in [0.2, 0.25) is 0 Å². The van der Waals surface area contributed by atoms with Gasteiger partial charge in [0, 0.05) is 27.1 Å². The summed E-state index contributed by atoms with van der Waals surface area (Å²) in [4.78, 5) is 0. The first-order valence-electron chi connectivity index (χ1n) is 5.99. The van der Waals surface area contributed by atoms with Crippen LogP contribution in [-0.2, 0) is 6.54 Å². The van der Waals surface area contributed by atoms with E-state index in [0.29, 0.717) is 6.54 Å². The van der Waals surface area contributed by atoms with Crippen LogP contribution in [0.1, 0.15) is 24.1 Å². The van der Waals surface area contributed by atoms with Crippen LogP contribution in [0.3, 0.4) is 0 Å². The Morgan fingerprint density at radius 1 is 1.11 bits per heavy atom. The van der Waals surface area contributed by atoms with E-state index < -0.39 is 0 Å². The molecule has 2 aromatic rings. The van der Waals surface area contributed by atoms with Crippen LogP contribution in [0.15, 0.2) is 46.9 Å². The summed E-state index contributed by atoms with van der Waals surface area (Å²) in [5.41, 5.74) is 2.17. The van der Waals surface area contributed by atoms with E-state index in [2.05, 4.69) is 28.2 Å². The quantitative estimate of drug-likeness (QED) is 0.749. The number of hydrogen-bond donors (Lipinski definition) is 1. The smallest absolute Gasteiger partial charge is 0.0464 e. The second kappa shape index (κ2) is 6.76. The standard InChI is InChI=1S/C15H14BrCl2N/c1-10(13-7-6-12(16)8-15(13)18)19-9-11-4-2-3-5-14(11)17/h2-8,10,19H,9H2,1H3. The molecular formula is C15H14BrCl2N. The molecule has 0 radical (unpaired) electrons. The predicted molar refractivity (Wildman–Crippen MR) is 85.9 cm³/mol. The fourth-order valence-electron chi connectivity index (χ4n) is 1.87. The van der Waals surface area contributed by atoms with Crippen molar-refractivity contribution in [2.24, 2.45) is 0 Å². The molecule has 0 saturated carbocycles. The molecule has 0 aliphatic carbocycles. The van der Waals surface area contributed by atoms with Crippen LogP contribution in [0.25, 0.3) is 0 Å². The van der Waals surface area contributed by atoms with Gasteiger partial charge in [0.15, 0.2) is 0 Å². The molecule has 4 heteroatoms. The fraction of sp³-hybridized carbons (Fsp3) is 0.200. The third kappa shape index (κ3) is 3.96. The first-order chi connectivity index (χ1) is 9.08. The minimum Gasteiger partial charge on any atom is -0.306 e. The van der Waals surface area contributed by atoms with Gasteiger partial charge in [0.1, 0.15) is 0 Å². The Bertz CT molecular complexity index is 572. The van der Waals surface area contributed by atoms with Crippen molar-refractivity contribution in [1.29, 1.82) is 0 Å². The molecule has 100 valence electrons. The van der Waals surface area contributed by atoms with Gasteiger partial charge in [0.05, 0.1) is 0 Å². The van der Waals surface area contributed by atoms with E-state index in [1.54, 1.807) is 0 Å². The molecule has 0 fully saturated rings. The monoisotopic (exact) mass is 357 g/mol. The molecule has 0 aliphatic heterocycles. The molecule has 0 heterocycles. The lowest BCUT2D eigenvalue weighted by Gasteiger charge is -2.16. The van der Waals surface area contributed by atoms with E-state index in [0.717, 1.165) is 25.6 Å². The summed E-state index contributed by atoms with van der Waals surface area (Å²) in [6, 6.07) is 13.9. The topological polar surface area (TPSA) is 12.0 Å². The summed E-state index contributed by atoms with van der Waals surface area (Å²) < 4.78 is 0.986. The van der Waals surface area contributed by atoms with Gasteiger partial charge >= 0.3 is 0 Å². The summed E-state index contributed by atoms with van der Waals surface area (Å²) in [5, 5.41) is 4.97. The third-order valence-corrected chi connectivity index (χ3v) is 4.17. The molecule has 1 N–H and O–H groups in total. The molecule has 19 heavy (non-hydrogen) atoms. The van der Waals surface area contributed by atoms with Gasteiger partial charge in [-0.2, -0.15) is 0 Å². The highest BCUT2D eigenvalue weighted by atomic mass is 79.9. The zero-order valence-electron chi connectivity index (χ0n) is 10.5. The molecule has 2 rings (SSSR count). The molecule has 1 nitrogen and oxygen atoms in total. The number of halogens is 3. The normalized spacial score (nSPS) is 12.4. The van der Waals surface area contributed by atoms with Crippen molar-refractivity contribution in [2.45, 2.75) is 19.5 Å². The average Bonchev–Trinajstić information content (AvgIpc) is 2.37. The van der Waals surface area contributed by atoms with E-state index in [1.807, 2.05) is 42.5 Å². The van der Waals surface area contributed by atoms with Gasteiger partial charge in [-0.05, 0) is 36.2 Å². The maximum atomic E-state index is 6.24. The predicted octanol–water partition coefficient (Wildman–Crippen LogP) is 5.61. The number of hydrogen-bond acceptors (Lipinski definition) is 1. The first-order valence-corrected chi connectivity index (χ1v) is 7.54. The van der Waals surface area contributed by atoms with Gasteiger partial charge in [-0.15, -0.1) is 0 Å². The number of nitrogens with one attached hydrogen (secondary N) is 1. The van der Waals surface area contributed by atoms with Crippen LogP contribution in [0.5, 0.6) is 0 Å². The van der Waals surface area contributed by atoms with Crippen molar-refractivity contribution in [3.8, 4) is 0 Å². The summed E-state index contributed by atoms with van der Waals surface area (Å²) >= 11 is 15.8. The highest BCUT2D eigenvalue weighted by Crippen LogP contribution is 2.26. The Hall–Kier alpha value is -0.540. The van der Waals surface area contributed by atoms with Crippen molar-refractivity contribution < 1.29 is 0 Å². The van der Waals surface area contributed by atoms with Gasteiger partial charge < -0.3 is 5.32 Å². The van der Waals surface area contributed by atoms with E-state index in [1.165, 1.54) is 0 Å². The Labute approximate surface area is 132 Å². The van der Waals surface area contributed by atoms with Crippen LogP contribution in [-0.4, -0.2) is 0 Å². The van der Waals surface area contributed by atoms with Gasteiger partial charge in [-0.1, -0.05) is 63.4 Å². The van der Waals surface area contributed by atoms with Crippen molar-refractivity contribution in [3.05, 3.63) is 68.1 Å². The maximum absolute atomic E-state index is 6.24. The summed E-state index contributed by atoms with van der Waals surface area (Å²) in [6.45, 7) is 2.80. The minimum absolute atomic E-state index is 0.164. The van der Waals surface area contributed by atoms with Gasteiger partial charge in [-0.25, -0.2) is 0 Å². The molecule has 1 atom stereocenters. The Balaban J connectivity index is 2.05. The summed E-state index contributed by atoms with van der Waals surface area (Å²) in [7, 11) is 0. The van der Waals surface area contributed by atoms with Crippen molar-refractivity contribution >= 4 is 39.1 Å². The van der Waals surface area contributed by atoms with E-state index in [9.17, 15) is 0 Å². The second-order valence-electron chi connectivity index (χ2n) is 4.36. The van der Waals surface area contributed by atoms with Crippen LogP contribution in [0, 0.1) is 0 Å². The maximum Gasteiger partial charge on any atom is 0.0464 e. The van der Waals surface area contributed by atoms with E-state index in [4.69, 9.17) is 23.2 Å². The van der Waals surface area contributed by atoms with Gasteiger partial charge in [-0.3, -0.25) is 0 Å². The molecule has 2 aromatic carbocycles. The molecule has 0 aromatic heterocycles. The van der Waals surface area contributed by atoms with Crippen LogP contribution in [0.2, 0.25) is 10.0 Å². The first kappa shape index (κ1) is 14.9. The van der Waals surface area contributed by atoms with E-state index >= 15 is 0 Å². The van der Waals surface area contributed by atoms with Crippen LogP contribution >= 0.6 is 39.1 Å². The number of benzene rings is 2. The molecular weight excluding hydrogens is 345 g/mol. The zero-order valence-corrected chi connectivity index (χ0v) is 13.6. The lowest BCUT2D eigenvalue weighted by Crippen LogP contribution is -2.18. The SMILES string of the molecule is CC(NCc1ccccc1Cl)c1ccc(Br)cc1Cl. The Morgan fingerprint density at radius 2 is 1.84 bits per heavy atom. The van der Waals surface area contributed by atoms with Crippen molar-refractivity contribution in [2.75, 3.05) is 0 Å². The largest absolute Gasteiger partial charge is 0.306 e.